The molecule has 2 aliphatic heterocycles. The van der Waals surface area contributed by atoms with Crippen LogP contribution in [0.25, 0.3) is 0 Å². The maximum Gasteiger partial charge on any atom is 0.161 e. The topological polar surface area (TPSA) is 39.7 Å². The molecule has 0 aliphatic carbocycles. The average molecular weight is 561 g/mol. The Labute approximate surface area is 247 Å². The van der Waals surface area contributed by atoms with Crippen molar-refractivity contribution in [1.29, 1.82) is 0 Å². The van der Waals surface area contributed by atoms with Crippen LogP contribution in [0.15, 0.2) is 60.8 Å². The van der Waals surface area contributed by atoms with Crippen molar-refractivity contribution in [3.63, 3.8) is 0 Å². The lowest BCUT2D eigenvalue weighted by Gasteiger charge is -2.43. The number of nitrogens with zero attached hydrogens (tertiary/aromatic N) is 4. The predicted octanol–water partition coefficient (Wildman–Crippen LogP) is 7.10. The van der Waals surface area contributed by atoms with Crippen LogP contribution in [-0.2, 0) is 13.0 Å². The molecule has 0 bridgehead atoms. The maximum atomic E-state index is 12.8. The number of aromatic nitrogens is 1. The third-order valence-corrected chi connectivity index (χ3v) is 8.04. The normalized spacial score (nSPS) is 16.3. The number of aryl methyl sites for hydroxylation is 3. The smallest absolute Gasteiger partial charge is 0.161 e. The van der Waals surface area contributed by atoms with Gasteiger partial charge in [0.2, 0.25) is 0 Å². The van der Waals surface area contributed by atoms with Gasteiger partial charge >= 0.3 is 0 Å². The fourth-order valence-electron chi connectivity index (χ4n) is 5.53. The van der Waals surface area contributed by atoms with Crippen LogP contribution in [0.2, 0.25) is 0 Å². The number of pyridine rings is 1. The Morgan fingerprint density at radius 2 is 1.54 bits per heavy atom. The van der Waals surface area contributed by atoms with E-state index in [9.17, 15) is 9.18 Å². The van der Waals surface area contributed by atoms with Gasteiger partial charge in [-0.15, -0.1) is 0 Å². The van der Waals surface area contributed by atoms with Gasteiger partial charge in [-0.25, -0.2) is 9.37 Å². The number of carbonyl (C=O) groups excluding carboxylic acids is 1. The molecule has 2 fully saturated rings. The second-order valence-corrected chi connectivity index (χ2v) is 10.9. The molecule has 0 spiro atoms. The first-order chi connectivity index (χ1) is 19.8. The van der Waals surface area contributed by atoms with Crippen molar-refractivity contribution in [2.75, 3.05) is 44.2 Å². The molecule has 3 heterocycles. The second-order valence-electron chi connectivity index (χ2n) is 10.9. The number of piperazine rings is 1. The van der Waals surface area contributed by atoms with E-state index in [4.69, 9.17) is 0 Å². The van der Waals surface area contributed by atoms with Gasteiger partial charge in [0.15, 0.2) is 5.78 Å². The molecule has 5 rings (SSSR count). The lowest BCUT2D eigenvalue weighted by molar-refractivity contribution is 0.0996. The van der Waals surface area contributed by atoms with E-state index >= 15 is 0 Å². The summed E-state index contributed by atoms with van der Waals surface area (Å²) >= 11 is 0. The second kappa shape index (κ2) is 16.4. The summed E-state index contributed by atoms with van der Waals surface area (Å²) in [6, 6.07) is 18.8. The van der Waals surface area contributed by atoms with E-state index in [-0.39, 0.29) is 11.6 Å². The van der Waals surface area contributed by atoms with E-state index < -0.39 is 0 Å². The number of halogens is 1. The molecule has 0 atom stereocenters. The molecule has 0 unspecified atom stereocenters. The predicted molar refractivity (Wildman–Crippen MR) is 169 cm³/mol. The van der Waals surface area contributed by atoms with Crippen molar-refractivity contribution in [2.45, 2.75) is 73.4 Å². The standard InChI is InChI=1S/C24H32N4O.C9H11F.C2H6/c1-19-16-22(20(2)29)17-25-24(19)28-14-12-27(13-15-28)23-8-10-26(11-9-23)18-21-6-4-3-5-7-21;1-3-8-5-4-7(2)9(10)6-8;1-2/h3-7,16-17,23H,8-15,18H2,1-2H3;4-6H,3H2,1-2H3;1-2H3. The van der Waals surface area contributed by atoms with E-state index in [2.05, 4.69) is 56.9 Å². The summed E-state index contributed by atoms with van der Waals surface area (Å²) in [5.74, 6) is 1.02. The van der Waals surface area contributed by atoms with Gasteiger partial charge in [0.25, 0.3) is 0 Å². The lowest BCUT2D eigenvalue weighted by atomic mass is 10.0. The summed E-state index contributed by atoms with van der Waals surface area (Å²) in [5, 5.41) is 0. The Bertz CT molecular complexity index is 1220. The van der Waals surface area contributed by atoms with Crippen LogP contribution in [0.1, 0.15) is 73.1 Å². The number of piperidine rings is 1. The van der Waals surface area contributed by atoms with Gasteiger partial charge in [0.1, 0.15) is 11.6 Å². The summed E-state index contributed by atoms with van der Waals surface area (Å²) in [6.45, 7) is 19.1. The van der Waals surface area contributed by atoms with Gasteiger partial charge in [-0.3, -0.25) is 14.6 Å². The fraction of sp³-hybridized carbons (Fsp3) is 0.486. The van der Waals surface area contributed by atoms with Crippen molar-refractivity contribution < 1.29 is 9.18 Å². The zero-order chi connectivity index (χ0) is 29.8. The number of Topliss-reactive ketones (excluding diaryl/α,β-unsaturated/α-hetero) is 1. The first-order valence-electron chi connectivity index (χ1n) is 15.3. The first kappa shape index (κ1) is 32.4. The summed E-state index contributed by atoms with van der Waals surface area (Å²) in [6.07, 6.45) is 5.14. The van der Waals surface area contributed by atoms with Crippen LogP contribution < -0.4 is 4.90 Å². The number of carbonyl (C=O) groups is 1. The minimum absolute atomic E-state index is 0.0792. The Kier molecular flexibility index (Phi) is 13.0. The highest BCUT2D eigenvalue weighted by atomic mass is 19.1. The zero-order valence-corrected chi connectivity index (χ0v) is 26.0. The molecule has 6 heteroatoms. The molecule has 3 aromatic rings. The van der Waals surface area contributed by atoms with Crippen LogP contribution in [0.4, 0.5) is 10.2 Å². The van der Waals surface area contributed by atoms with E-state index in [1.54, 1.807) is 26.1 Å². The van der Waals surface area contributed by atoms with Crippen molar-refractivity contribution >= 4 is 11.6 Å². The van der Waals surface area contributed by atoms with E-state index in [1.807, 2.05) is 39.0 Å². The number of ketones is 1. The molecule has 41 heavy (non-hydrogen) atoms. The number of likely N-dealkylation sites (tertiary alicyclic amines) is 1. The molecular weight excluding hydrogens is 511 g/mol. The Balaban J connectivity index is 0.000000324. The number of anilines is 1. The summed E-state index contributed by atoms with van der Waals surface area (Å²) in [5.41, 5.74) is 4.99. The average Bonchev–Trinajstić information content (AvgIpc) is 3.01. The Morgan fingerprint density at radius 1 is 0.878 bits per heavy atom. The lowest BCUT2D eigenvalue weighted by Crippen LogP contribution is -2.53. The fourth-order valence-corrected chi connectivity index (χ4v) is 5.53. The van der Waals surface area contributed by atoms with Gasteiger partial charge in [-0.05, 0) is 87.5 Å². The minimum Gasteiger partial charge on any atom is -0.354 e. The molecule has 0 N–H and O–H groups in total. The van der Waals surface area contributed by atoms with Crippen molar-refractivity contribution in [2.24, 2.45) is 0 Å². The van der Waals surface area contributed by atoms with Crippen LogP contribution in [0.5, 0.6) is 0 Å². The van der Waals surface area contributed by atoms with E-state index in [1.165, 1.54) is 31.5 Å². The SMILES string of the molecule is CC.CC(=O)c1cnc(N2CCN(C3CCN(Cc4ccccc4)CC3)CC2)c(C)c1.CCc1ccc(C)c(F)c1. The highest BCUT2D eigenvalue weighted by Gasteiger charge is 2.28. The van der Waals surface area contributed by atoms with Gasteiger partial charge in [-0.2, -0.15) is 0 Å². The van der Waals surface area contributed by atoms with Crippen LogP contribution >= 0.6 is 0 Å². The number of benzene rings is 2. The third kappa shape index (κ3) is 9.47. The van der Waals surface area contributed by atoms with Crippen molar-refractivity contribution in [1.82, 2.24) is 14.8 Å². The van der Waals surface area contributed by atoms with E-state index in [0.29, 0.717) is 11.6 Å². The largest absolute Gasteiger partial charge is 0.354 e. The number of hydrogen-bond donors (Lipinski definition) is 0. The minimum atomic E-state index is -0.0978. The maximum absolute atomic E-state index is 12.8. The molecular formula is C35H49FN4O. The van der Waals surface area contributed by atoms with Crippen LogP contribution in [-0.4, -0.2) is 65.9 Å². The number of rotatable bonds is 6. The van der Waals surface area contributed by atoms with Crippen molar-refractivity contribution in [3.05, 3.63) is 94.4 Å². The highest BCUT2D eigenvalue weighted by molar-refractivity contribution is 5.94. The molecule has 0 radical (unpaired) electrons. The molecule has 2 aliphatic rings. The summed E-state index contributed by atoms with van der Waals surface area (Å²) in [7, 11) is 0. The summed E-state index contributed by atoms with van der Waals surface area (Å²) in [4.78, 5) is 23.8. The molecule has 222 valence electrons. The summed E-state index contributed by atoms with van der Waals surface area (Å²) < 4.78 is 12.8. The monoisotopic (exact) mass is 560 g/mol. The van der Waals surface area contributed by atoms with Gasteiger partial charge in [0.05, 0.1) is 0 Å². The highest BCUT2D eigenvalue weighted by Crippen LogP contribution is 2.23. The molecule has 1 aromatic heterocycles. The first-order valence-corrected chi connectivity index (χ1v) is 15.3. The molecule has 0 saturated carbocycles. The van der Waals surface area contributed by atoms with Crippen LogP contribution in [0.3, 0.4) is 0 Å². The quantitative estimate of drug-likeness (QED) is 0.301. The van der Waals surface area contributed by atoms with E-state index in [0.717, 1.165) is 61.7 Å². The zero-order valence-electron chi connectivity index (χ0n) is 26.0. The van der Waals surface area contributed by atoms with Crippen LogP contribution in [0, 0.1) is 19.7 Å². The Hall–Kier alpha value is -3.09. The van der Waals surface area contributed by atoms with Gasteiger partial charge < -0.3 is 4.90 Å². The van der Waals surface area contributed by atoms with Crippen molar-refractivity contribution in [3.8, 4) is 0 Å². The Morgan fingerprint density at radius 3 is 2.10 bits per heavy atom. The molecule has 2 saturated heterocycles. The van der Waals surface area contributed by atoms with Gasteiger partial charge in [-0.1, -0.05) is 63.2 Å². The van der Waals surface area contributed by atoms with Gasteiger partial charge in [0, 0.05) is 50.5 Å². The molecule has 0 amide bonds. The third-order valence-electron chi connectivity index (χ3n) is 8.04. The molecule has 5 nitrogen and oxygen atoms in total. The molecule has 2 aromatic carbocycles. The number of hydrogen-bond acceptors (Lipinski definition) is 5.